The SMILES string of the molecule is CCCC(CC(=O)O)NC(=O)c1cc(-c2ccco2)on1. The number of aliphatic carboxylic acids is 1. The van der Waals surface area contributed by atoms with E-state index in [2.05, 4.69) is 10.5 Å². The predicted molar refractivity (Wildman–Crippen MR) is 72.6 cm³/mol. The summed E-state index contributed by atoms with van der Waals surface area (Å²) in [7, 11) is 0. The Morgan fingerprint density at radius 3 is 2.86 bits per heavy atom. The van der Waals surface area contributed by atoms with Gasteiger partial charge in [0.1, 0.15) is 0 Å². The van der Waals surface area contributed by atoms with Crippen LogP contribution in [0.4, 0.5) is 0 Å². The van der Waals surface area contributed by atoms with Crippen LogP contribution in [0.15, 0.2) is 33.4 Å². The normalized spacial score (nSPS) is 12.0. The molecule has 0 aliphatic rings. The highest BCUT2D eigenvalue weighted by atomic mass is 16.5. The molecule has 0 saturated carbocycles. The number of rotatable bonds is 7. The third kappa shape index (κ3) is 3.95. The van der Waals surface area contributed by atoms with Crippen molar-refractivity contribution in [2.75, 3.05) is 0 Å². The fourth-order valence-electron chi connectivity index (χ4n) is 1.96. The summed E-state index contributed by atoms with van der Waals surface area (Å²) in [6, 6.07) is 4.41. The quantitative estimate of drug-likeness (QED) is 0.811. The highest BCUT2D eigenvalue weighted by Gasteiger charge is 2.20. The largest absolute Gasteiger partial charge is 0.481 e. The fraction of sp³-hybridized carbons (Fsp3) is 0.357. The van der Waals surface area contributed by atoms with Gasteiger partial charge in [0.25, 0.3) is 5.91 Å². The van der Waals surface area contributed by atoms with E-state index in [0.29, 0.717) is 17.9 Å². The van der Waals surface area contributed by atoms with Crippen LogP contribution in [0, 0.1) is 0 Å². The standard InChI is InChI=1S/C14H16N2O5/c1-2-4-9(7-13(17)18)15-14(19)10-8-12(21-16-10)11-5-3-6-20-11/h3,5-6,8-9H,2,4,7H2,1H3,(H,15,19)(H,17,18). The summed E-state index contributed by atoms with van der Waals surface area (Å²) in [5, 5.41) is 15.1. The van der Waals surface area contributed by atoms with Crippen molar-refractivity contribution in [1.82, 2.24) is 10.5 Å². The van der Waals surface area contributed by atoms with Gasteiger partial charge in [-0.2, -0.15) is 0 Å². The fourth-order valence-corrected chi connectivity index (χ4v) is 1.96. The molecule has 7 heteroatoms. The number of hydrogen-bond donors (Lipinski definition) is 2. The molecule has 0 aliphatic heterocycles. The van der Waals surface area contributed by atoms with Crippen molar-refractivity contribution in [1.29, 1.82) is 0 Å². The molecular weight excluding hydrogens is 276 g/mol. The Hall–Kier alpha value is -2.57. The maximum atomic E-state index is 12.0. The summed E-state index contributed by atoms with van der Waals surface area (Å²) in [6.07, 6.45) is 2.72. The van der Waals surface area contributed by atoms with E-state index < -0.39 is 17.9 Å². The van der Waals surface area contributed by atoms with Gasteiger partial charge in [0.05, 0.1) is 12.7 Å². The molecule has 2 aromatic rings. The van der Waals surface area contributed by atoms with Gasteiger partial charge in [0, 0.05) is 12.1 Å². The molecular formula is C14H16N2O5. The van der Waals surface area contributed by atoms with Crippen molar-refractivity contribution in [3.63, 3.8) is 0 Å². The molecule has 112 valence electrons. The van der Waals surface area contributed by atoms with E-state index in [1.807, 2.05) is 6.92 Å². The van der Waals surface area contributed by atoms with Gasteiger partial charge in [-0.3, -0.25) is 9.59 Å². The van der Waals surface area contributed by atoms with Gasteiger partial charge in [0.2, 0.25) is 5.76 Å². The number of carboxylic acids is 1. The van der Waals surface area contributed by atoms with E-state index in [0.717, 1.165) is 6.42 Å². The van der Waals surface area contributed by atoms with Crippen LogP contribution < -0.4 is 5.32 Å². The van der Waals surface area contributed by atoms with Crippen LogP contribution in [0.25, 0.3) is 11.5 Å². The molecule has 0 fully saturated rings. The van der Waals surface area contributed by atoms with Crippen molar-refractivity contribution in [2.24, 2.45) is 0 Å². The first-order valence-electron chi connectivity index (χ1n) is 6.63. The molecule has 21 heavy (non-hydrogen) atoms. The molecule has 1 atom stereocenters. The van der Waals surface area contributed by atoms with Gasteiger partial charge >= 0.3 is 5.97 Å². The Labute approximate surface area is 120 Å². The molecule has 2 heterocycles. The third-order valence-corrected chi connectivity index (χ3v) is 2.90. The number of nitrogens with one attached hydrogen (secondary N) is 1. The zero-order valence-electron chi connectivity index (χ0n) is 11.5. The molecule has 0 bridgehead atoms. The van der Waals surface area contributed by atoms with Crippen molar-refractivity contribution in [3.8, 4) is 11.5 Å². The molecule has 2 aromatic heterocycles. The second kappa shape index (κ2) is 6.74. The molecule has 0 radical (unpaired) electrons. The zero-order chi connectivity index (χ0) is 15.2. The molecule has 2 N–H and O–H groups in total. The van der Waals surface area contributed by atoms with Gasteiger partial charge < -0.3 is 19.4 Å². The number of aromatic nitrogens is 1. The van der Waals surface area contributed by atoms with Gasteiger partial charge in [-0.15, -0.1) is 0 Å². The van der Waals surface area contributed by atoms with Crippen molar-refractivity contribution >= 4 is 11.9 Å². The molecule has 1 unspecified atom stereocenters. The molecule has 0 aliphatic carbocycles. The van der Waals surface area contributed by atoms with Crippen molar-refractivity contribution in [3.05, 3.63) is 30.2 Å². The van der Waals surface area contributed by atoms with Gasteiger partial charge in [-0.1, -0.05) is 18.5 Å². The topological polar surface area (TPSA) is 106 Å². The average Bonchev–Trinajstić information content (AvgIpc) is 3.09. The van der Waals surface area contributed by atoms with E-state index in [1.54, 1.807) is 12.1 Å². The second-order valence-electron chi connectivity index (χ2n) is 4.61. The minimum Gasteiger partial charge on any atom is -0.481 e. The lowest BCUT2D eigenvalue weighted by Crippen LogP contribution is -2.36. The molecule has 1 amide bonds. The number of carbonyl (C=O) groups is 2. The number of carboxylic acid groups (broad SMARTS) is 1. The van der Waals surface area contributed by atoms with E-state index in [9.17, 15) is 9.59 Å². The number of amides is 1. The maximum Gasteiger partial charge on any atom is 0.305 e. The maximum absolute atomic E-state index is 12.0. The molecule has 0 saturated heterocycles. The lowest BCUT2D eigenvalue weighted by molar-refractivity contribution is -0.137. The van der Waals surface area contributed by atoms with Crippen LogP contribution >= 0.6 is 0 Å². The summed E-state index contributed by atoms with van der Waals surface area (Å²) in [6.45, 7) is 1.92. The third-order valence-electron chi connectivity index (χ3n) is 2.90. The summed E-state index contributed by atoms with van der Waals surface area (Å²) in [5.41, 5.74) is 0.0906. The highest BCUT2D eigenvalue weighted by molar-refractivity contribution is 5.93. The van der Waals surface area contributed by atoms with E-state index in [4.69, 9.17) is 14.0 Å². The lowest BCUT2D eigenvalue weighted by atomic mass is 10.1. The molecule has 0 aromatic carbocycles. The first kappa shape index (κ1) is 14.8. The monoisotopic (exact) mass is 292 g/mol. The van der Waals surface area contributed by atoms with Crippen LogP contribution in [-0.4, -0.2) is 28.2 Å². The predicted octanol–water partition coefficient (Wildman–Crippen LogP) is 2.31. The second-order valence-corrected chi connectivity index (χ2v) is 4.61. The summed E-state index contributed by atoms with van der Waals surface area (Å²) < 4.78 is 10.2. The van der Waals surface area contributed by atoms with Crippen LogP contribution in [0.1, 0.15) is 36.7 Å². The smallest absolute Gasteiger partial charge is 0.305 e. The zero-order valence-corrected chi connectivity index (χ0v) is 11.5. The number of hydrogen-bond acceptors (Lipinski definition) is 5. The number of furan rings is 1. The first-order valence-corrected chi connectivity index (χ1v) is 6.63. The Morgan fingerprint density at radius 1 is 1.43 bits per heavy atom. The van der Waals surface area contributed by atoms with Crippen LogP contribution in [0.5, 0.6) is 0 Å². The summed E-state index contributed by atoms with van der Waals surface area (Å²) in [5.74, 6) is -0.603. The minimum absolute atomic E-state index is 0.0906. The number of carbonyl (C=O) groups excluding carboxylic acids is 1. The first-order chi connectivity index (χ1) is 10.1. The van der Waals surface area contributed by atoms with E-state index in [-0.39, 0.29) is 12.1 Å². The van der Waals surface area contributed by atoms with Crippen LogP contribution in [0.2, 0.25) is 0 Å². The summed E-state index contributed by atoms with van der Waals surface area (Å²) in [4.78, 5) is 22.8. The van der Waals surface area contributed by atoms with Crippen molar-refractivity contribution in [2.45, 2.75) is 32.2 Å². The van der Waals surface area contributed by atoms with Gasteiger partial charge in [0.15, 0.2) is 11.5 Å². The number of nitrogens with zero attached hydrogens (tertiary/aromatic N) is 1. The Balaban J connectivity index is 2.03. The summed E-state index contributed by atoms with van der Waals surface area (Å²) >= 11 is 0. The average molecular weight is 292 g/mol. The van der Waals surface area contributed by atoms with Crippen molar-refractivity contribution < 1.29 is 23.6 Å². The lowest BCUT2D eigenvalue weighted by Gasteiger charge is -2.14. The molecule has 2 rings (SSSR count). The Kier molecular flexibility index (Phi) is 4.76. The van der Waals surface area contributed by atoms with E-state index >= 15 is 0 Å². The Bertz CT molecular complexity index is 603. The highest BCUT2D eigenvalue weighted by Crippen LogP contribution is 2.20. The molecule has 0 spiro atoms. The van der Waals surface area contributed by atoms with Gasteiger partial charge in [-0.05, 0) is 18.6 Å². The Morgan fingerprint density at radius 2 is 2.24 bits per heavy atom. The minimum atomic E-state index is -0.954. The van der Waals surface area contributed by atoms with Crippen LogP contribution in [0.3, 0.4) is 0 Å². The van der Waals surface area contributed by atoms with Crippen LogP contribution in [-0.2, 0) is 4.79 Å². The van der Waals surface area contributed by atoms with E-state index in [1.165, 1.54) is 12.3 Å². The molecule has 7 nitrogen and oxygen atoms in total. The van der Waals surface area contributed by atoms with Gasteiger partial charge in [-0.25, -0.2) is 0 Å².